The van der Waals surface area contributed by atoms with Gasteiger partial charge in [0, 0.05) is 12.8 Å². The Labute approximate surface area is 105 Å². The summed E-state index contributed by atoms with van der Waals surface area (Å²) in [7, 11) is 0. The van der Waals surface area contributed by atoms with Crippen molar-refractivity contribution in [1.29, 1.82) is 0 Å². The van der Waals surface area contributed by atoms with Crippen LogP contribution in [0.1, 0.15) is 26.7 Å². The molecule has 2 atom stereocenters. The van der Waals surface area contributed by atoms with Crippen LogP contribution in [0.5, 0.6) is 0 Å². The number of hydrogen-bond acceptors (Lipinski definition) is 6. The third-order valence-electron chi connectivity index (χ3n) is 2.73. The molecule has 0 radical (unpaired) electrons. The monoisotopic (exact) mass is 256 g/mol. The molecule has 1 saturated carbocycles. The number of hydrogen-bond donors (Lipinski definition) is 0. The quantitative estimate of drug-likeness (QED) is 0.530. The summed E-state index contributed by atoms with van der Waals surface area (Å²) in [5.74, 6) is -4.40. The maximum Gasteiger partial charge on any atom is 0.316 e. The second-order valence-electron chi connectivity index (χ2n) is 3.95. The molecule has 100 valence electrons. The Bertz CT molecular complexity index is 337. The van der Waals surface area contributed by atoms with E-state index in [4.69, 9.17) is 9.47 Å². The molecule has 6 nitrogen and oxygen atoms in total. The molecule has 18 heavy (non-hydrogen) atoms. The maximum atomic E-state index is 11.7. The Morgan fingerprint density at radius 3 is 1.56 bits per heavy atom. The van der Waals surface area contributed by atoms with Crippen molar-refractivity contribution in [2.24, 2.45) is 11.8 Å². The zero-order valence-corrected chi connectivity index (χ0v) is 10.4. The van der Waals surface area contributed by atoms with Gasteiger partial charge >= 0.3 is 11.9 Å². The first-order valence-electron chi connectivity index (χ1n) is 5.89. The highest BCUT2D eigenvalue weighted by Crippen LogP contribution is 2.25. The predicted molar refractivity (Wildman–Crippen MR) is 59.5 cm³/mol. The lowest BCUT2D eigenvalue weighted by molar-refractivity contribution is -0.162. The van der Waals surface area contributed by atoms with Crippen LogP contribution in [-0.4, -0.2) is 36.7 Å². The summed E-state index contributed by atoms with van der Waals surface area (Å²) in [5.41, 5.74) is 0. The van der Waals surface area contributed by atoms with Gasteiger partial charge in [0.05, 0.1) is 13.2 Å². The fourth-order valence-corrected chi connectivity index (χ4v) is 1.83. The van der Waals surface area contributed by atoms with Crippen LogP contribution in [0.3, 0.4) is 0 Å². The molecule has 0 aromatic rings. The van der Waals surface area contributed by atoms with E-state index in [2.05, 4.69) is 0 Å². The maximum absolute atomic E-state index is 11.7. The van der Waals surface area contributed by atoms with Gasteiger partial charge in [0.15, 0.2) is 0 Å². The van der Waals surface area contributed by atoms with Crippen LogP contribution in [0, 0.1) is 11.8 Å². The molecule has 0 bridgehead atoms. The molecule has 0 aliphatic heterocycles. The number of Topliss-reactive ketones (excluding diaryl/α,β-unsaturated/α-hetero) is 2. The lowest BCUT2D eigenvalue weighted by atomic mass is 9.80. The van der Waals surface area contributed by atoms with Crippen LogP contribution in [0.25, 0.3) is 0 Å². The van der Waals surface area contributed by atoms with E-state index in [0.717, 1.165) is 0 Å². The minimum Gasteiger partial charge on any atom is -0.465 e. The van der Waals surface area contributed by atoms with E-state index < -0.39 is 35.3 Å². The molecule has 1 rings (SSSR count). The minimum absolute atomic E-state index is 0.151. The lowest BCUT2D eigenvalue weighted by Crippen LogP contribution is -2.41. The molecule has 0 heterocycles. The number of carbonyl (C=O) groups is 4. The van der Waals surface area contributed by atoms with Gasteiger partial charge in [0.25, 0.3) is 0 Å². The topological polar surface area (TPSA) is 86.7 Å². The summed E-state index contributed by atoms with van der Waals surface area (Å²) >= 11 is 0. The molecule has 0 N–H and O–H groups in total. The van der Waals surface area contributed by atoms with Crippen molar-refractivity contribution in [3.05, 3.63) is 0 Å². The number of esters is 2. The van der Waals surface area contributed by atoms with Gasteiger partial charge in [-0.2, -0.15) is 0 Å². The Morgan fingerprint density at radius 1 is 0.944 bits per heavy atom. The molecular formula is C12H16O6. The molecule has 0 aromatic carbocycles. The fraction of sp³-hybridized carbons (Fsp3) is 0.667. The van der Waals surface area contributed by atoms with Gasteiger partial charge in [0.1, 0.15) is 23.4 Å². The third-order valence-corrected chi connectivity index (χ3v) is 2.73. The molecule has 0 spiro atoms. The molecule has 1 aliphatic carbocycles. The van der Waals surface area contributed by atoms with Gasteiger partial charge < -0.3 is 9.47 Å². The molecule has 2 unspecified atom stereocenters. The zero-order valence-electron chi connectivity index (χ0n) is 10.4. The first kappa shape index (κ1) is 14.3. The van der Waals surface area contributed by atoms with Crippen molar-refractivity contribution in [2.45, 2.75) is 26.7 Å². The molecule has 1 fully saturated rings. The zero-order chi connectivity index (χ0) is 13.7. The van der Waals surface area contributed by atoms with Crippen molar-refractivity contribution < 1.29 is 28.7 Å². The van der Waals surface area contributed by atoms with Crippen LogP contribution in [0.4, 0.5) is 0 Å². The van der Waals surface area contributed by atoms with Crippen LogP contribution >= 0.6 is 0 Å². The minimum atomic E-state index is -1.07. The van der Waals surface area contributed by atoms with Gasteiger partial charge in [-0.05, 0) is 13.8 Å². The highest BCUT2D eigenvalue weighted by atomic mass is 16.5. The van der Waals surface area contributed by atoms with Gasteiger partial charge in [0.2, 0.25) is 0 Å². The summed E-state index contributed by atoms with van der Waals surface area (Å²) in [5, 5.41) is 0. The van der Waals surface area contributed by atoms with E-state index in [9.17, 15) is 19.2 Å². The summed E-state index contributed by atoms with van der Waals surface area (Å²) in [6.45, 7) is 3.54. The first-order chi connectivity index (χ1) is 8.51. The van der Waals surface area contributed by atoms with Crippen LogP contribution in [0.15, 0.2) is 0 Å². The average molecular weight is 256 g/mol. The van der Waals surface area contributed by atoms with Crippen molar-refractivity contribution in [3.63, 3.8) is 0 Å². The van der Waals surface area contributed by atoms with Crippen LogP contribution in [0.2, 0.25) is 0 Å². The van der Waals surface area contributed by atoms with E-state index >= 15 is 0 Å². The second-order valence-corrected chi connectivity index (χ2v) is 3.95. The van der Waals surface area contributed by atoms with Crippen LogP contribution < -0.4 is 0 Å². The molecule has 0 amide bonds. The first-order valence-corrected chi connectivity index (χ1v) is 5.89. The number of carbonyl (C=O) groups excluding carboxylic acids is 4. The summed E-state index contributed by atoms with van der Waals surface area (Å²) < 4.78 is 9.43. The smallest absolute Gasteiger partial charge is 0.316 e. The largest absolute Gasteiger partial charge is 0.465 e. The number of ketones is 2. The van der Waals surface area contributed by atoms with Crippen molar-refractivity contribution in [1.82, 2.24) is 0 Å². The Kier molecular flexibility index (Phi) is 5.00. The number of rotatable bonds is 4. The van der Waals surface area contributed by atoms with Crippen molar-refractivity contribution in [3.8, 4) is 0 Å². The van der Waals surface area contributed by atoms with E-state index in [0.29, 0.717) is 0 Å². The predicted octanol–water partition coefficient (Wildman–Crippen LogP) is 0.277. The molecule has 0 aromatic heterocycles. The normalized spacial score (nSPS) is 23.7. The lowest BCUT2D eigenvalue weighted by Gasteiger charge is -2.23. The standard InChI is InChI=1S/C12H16O6/c1-3-17-11(15)7-5-10(14)8(6-9(7)13)12(16)18-4-2/h7-8H,3-6H2,1-2H3. The van der Waals surface area contributed by atoms with E-state index in [1.807, 2.05) is 0 Å². The van der Waals surface area contributed by atoms with Gasteiger partial charge in [-0.15, -0.1) is 0 Å². The summed E-state index contributed by atoms with van der Waals surface area (Å²) in [6, 6.07) is 0. The molecule has 6 heteroatoms. The van der Waals surface area contributed by atoms with Gasteiger partial charge in [-0.25, -0.2) is 0 Å². The van der Waals surface area contributed by atoms with E-state index in [-0.39, 0.29) is 26.1 Å². The van der Waals surface area contributed by atoms with Crippen molar-refractivity contribution in [2.75, 3.05) is 13.2 Å². The summed E-state index contributed by atoms with van der Waals surface area (Å²) in [4.78, 5) is 46.3. The Morgan fingerprint density at radius 2 is 1.28 bits per heavy atom. The fourth-order valence-electron chi connectivity index (χ4n) is 1.83. The van der Waals surface area contributed by atoms with E-state index in [1.165, 1.54) is 0 Å². The van der Waals surface area contributed by atoms with Crippen molar-refractivity contribution >= 4 is 23.5 Å². The van der Waals surface area contributed by atoms with Gasteiger partial charge in [-0.1, -0.05) is 0 Å². The SMILES string of the molecule is CCOC(=O)C1CC(=O)C(C(=O)OCC)CC1=O. The molecule has 1 aliphatic rings. The van der Waals surface area contributed by atoms with Crippen LogP contribution in [-0.2, 0) is 28.7 Å². The summed E-state index contributed by atoms with van der Waals surface area (Å²) in [6.07, 6.45) is -0.553. The third kappa shape index (κ3) is 3.15. The highest BCUT2D eigenvalue weighted by molar-refractivity contribution is 6.12. The molecular weight excluding hydrogens is 240 g/mol. The van der Waals surface area contributed by atoms with E-state index in [1.54, 1.807) is 13.8 Å². The second kappa shape index (κ2) is 6.28. The Balaban J connectivity index is 2.71. The molecule has 0 saturated heterocycles. The number of ether oxygens (including phenoxy) is 2. The highest BCUT2D eigenvalue weighted by Gasteiger charge is 2.43. The average Bonchev–Trinajstić information content (AvgIpc) is 2.32. The Hall–Kier alpha value is -1.72. The van der Waals surface area contributed by atoms with Gasteiger partial charge in [-0.3, -0.25) is 19.2 Å².